The maximum Gasteiger partial charge on any atom is 0.323 e. The topological polar surface area (TPSA) is 43.9 Å². The number of carbonyl (C=O) groups excluding carboxylic acids is 2. The summed E-state index contributed by atoms with van der Waals surface area (Å²) in [6, 6.07) is 9.02. The minimum Gasteiger partial charge on any atom is -0.302 e. The number of para-hydroxylation sites is 1. The molecule has 6 heteroatoms. The molecule has 1 heterocycles. The van der Waals surface area contributed by atoms with E-state index in [0.717, 1.165) is 13.1 Å². The van der Waals surface area contributed by atoms with E-state index in [9.17, 15) is 9.59 Å². The van der Waals surface area contributed by atoms with Gasteiger partial charge in [0.05, 0.1) is 5.69 Å². The lowest BCUT2D eigenvalue weighted by Gasteiger charge is -2.23. The molecule has 1 aliphatic heterocycles. The van der Waals surface area contributed by atoms with Gasteiger partial charge in [-0.1, -0.05) is 32.0 Å². The molecule has 2 amide bonds. The molecule has 0 bridgehead atoms. The lowest BCUT2D eigenvalue weighted by atomic mass is 10.3. The summed E-state index contributed by atoms with van der Waals surface area (Å²) >= 11 is 5.31. The number of anilines is 1. The van der Waals surface area contributed by atoms with E-state index in [-0.39, 0.29) is 5.11 Å². The van der Waals surface area contributed by atoms with Gasteiger partial charge in [-0.2, -0.15) is 0 Å². The molecule has 0 radical (unpaired) electrons. The van der Waals surface area contributed by atoms with Crippen LogP contribution in [0.5, 0.6) is 0 Å². The van der Waals surface area contributed by atoms with Gasteiger partial charge in [-0.25, -0.2) is 4.90 Å². The number of likely N-dealkylation sites (N-methyl/N-ethyl adjacent to an activating group) is 1. The van der Waals surface area contributed by atoms with Gasteiger partial charge in [0.25, 0.3) is 0 Å². The van der Waals surface area contributed by atoms with Gasteiger partial charge in [0, 0.05) is 13.1 Å². The summed E-state index contributed by atoms with van der Waals surface area (Å²) in [5.41, 5.74) is 0.631. The third-order valence-corrected chi connectivity index (χ3v) is 4.01. The van der Waals surface area contributed by atoms with Gasteiger partial charge in [0.1, 0.15) is 0 Å². The molecule has 0 spiro atoms. The van der Waals surface area contributed by atoms with Crippen molar-refractivity contribution in [2.45, 2.75) is 13.8 Å². The van der Waals surface area contributed by atoms with Crippen LogP contribution in [0.15, 0.2) is 30.3 Å². The first kappa shape index (κ1) is 15.6. The molecule has 21 heavy (non-hydrogen) atoms. The van der Waals surface area contributed by atoms with E-state index in [2.05, 4.69) is 18.7 Å². The minimum absolute atomic E-state index is 0.267. The van der Waals surface area contributed by atoms with Gasteiger partial charge in [0.15, 0.2) is 5.11 Å². The van der Waals surface area contributed by atoms with E-state index in [1.165, 1.54) is 9.80 Å². The first-order valence-corrected chi connectivity index (χ1v) is 7.48. The maximum absolute atomic E-state index is 12.1. The van der Waals surface area contributed by atoms with Crippen molar-refractivity contribution in [3.63, 3.8) is 0 Å². The van der Waals surface area contributed by atoms with Crippen molar-refractivity contribution in [1.82, 2.24) is 9.80 Å². The van der Waals surface area contributed by atoms with Crippen LogP contribution in [0.1, 0.15) is 13.8 Å². The fourth-order valence-electron chi connectivity index (χ4n) is 2.29. The predicted octanol–water partition coefficient (Wildman–Crippen LogP) is 1.49. The van der Waals surface area contributed by atoms with Gasteiger partial charge in [-0.15, -0.1) is 0 Å². The zero-order valence-corrected chi connectivity index (χ0v) is 13.1. The number of rotatable bonds is 6. The third kappa shape index (κ3) is 3.11. The van der Waals surface area contributed by atoms with Crippen LogP contribution in [0.25, 0.3) is 0 Å². The van der Waals surface area contributed by atoms with E-state index >= 15 is 0 Å². The maximum atomic E-state index is 12.1. The molecule has 0 unspecified atom stereocenters. The number of hydrogen-bond acceptors (Lipinski definition) is 4. The van der Waals surface area contributed by atoms with Crippen LogP contribution >= 0.6 is 12.2 Å². The van der Waals surface area contributed by atoms with Crippen LogP contribution in [0.3, 0.4) is 0 Å². The normalized spacial score (nSPS) is 15.5. The molecule has 0 N–H and O–H groups in total. The highest BCUT2D eigenvalue weighted by molar-refractivity contribution is 7.80. The van der Waals surface area contributed by atoms with E-state index < -0.39 is 11.8 Å². The Morgan fingerprint density at radius 2 is 1.67 bits per heavy atom. The minimum atomic E-state index is -0.578. The number of amides is 2. The highest BCUT2D eigenvalue weighted by atomic mass is 32.1. The summed E-state index contributed by atoms with van der Waals surface area (Å²) in [6.07, 6.45) is 0. The largest absolute Gasteiger partial charge is 0.323 e. The first-order chi connectivity index (χ1) is 10.1. The SMILES string of the molecule is CCN(CC)CCN1C(=O)C(=O)N(c2ccccc2)C1=S. The zero-order valence-electron chi connectivity index (χ0n) is 12.3. The quantitative estimate of drug-likeness (QED) is 0.590. The summed E-state index contributed by atoms with van der Waals surface area (Å²) < 4.78 is 0. The molecular formula is C15H19N3O2S. The Kier molecular flexibility index (Phi) is 5.03. The lowest BCUT2D eigenvalue weighted by molar-refractivity contribution is -0.139. The van der Waals surface area contributed by atoms with Crippen LogP contribution in [-0.4, -0.2) is 52.9 Å². The van der Waals surface area contributed by atoms with Gasteiger partial charge >= 0.3 is 11.8 Å². The Morgan fingerprint density at radius 3 is 2.24 bits per heavy atom. The van der Waals surface area contributed by atoms with Gasteiger partial charge < -0.3 is 4.90 Å². The van der Waals surface area contributed by atoms with Gasteiger partial charge in [-0.3, -0.25) is 14.5 Å². The van der Waals surface area contributed by atoms with Crippen LogP contribution < -0.4 is 4.90 Å². The number of carbonyl (C=O) groups is 2. The van der Waals surface area contributed by atoms with Gasteiger partial charge in [0.2, 0.25) is 0 Å². The van der Waals surface area contributed by atoms with Crippen molar-refractivity contribution in [2.24, 2.45) is 0 Å². The first-order valence-electron chi connectivity index (χ1n) is 7.07. The summed E-state index contributed by atoms with van der Waals surface area (Å²) in [5, 5.41) is 0.267. The molecule has 1 aromatic rings. The second-order valence-electron chi connectivity index (χ2n) is 4.74. The van der Waals surface area contributed by atoms with E-state index in [1.54, 1.807) is 12.1 Å². The second-order valence-corrected chi connectivity index (χ2v) is 5.11. The van der Waals surface area contributed by atoms with Crippen LogP contribution in [0.4, 0.5) is 5.69 Å². The average molecular weight is 305 g/mol. The monoisotopic (exact) mass is 305 g/mol. The Morgan fingerprint density at radius 1 is 1.05 bits per heavy atom. The zero-order chi connectivity index (χ0) is 15.4. The third-order valence-electron chi connectivity index (χ3n) is 3.60. The highest BCUT2D eigenvalue weighted by Crippen LogP contribution is 2.21. The van der Waals surface area contributed by atoms with E-state index in [1.807, 2.05) is 18.2 Å². The smallest absolute Gasteiger partial charge is 0.302 e. The van der Waals surface area contributed by atoms with Crippen molar-refractivity contribution < 1.29 is 9.59 Å². The van der Waals surface area contributed by atoms with Gasteiger partial charge in [-0.05, 0) is 37.4 Å². The summed E-state index contributed by atoms with van der Waals surface area (Å²) in [4.78, 5) is 29.1. The molecule has 5 nitrogen and oxygen atoms in total. The van der Waals surface area contributed by atoms with Crippen molar-refractivity contribution in [2.75, 3.05) is 31.1 Å². The highest BCUT2D eigenvalue weighted by Gasteiger charge is 2.42. The van der Waals surface area contributed by atoms with E-state index in [0.29, 0.717) is 18.8 Å². The number of benzene rings is 1. The Bertz CT molecular complexity index is 543. The van der Waals surface area contributed by atoms with Crippen LogP contribution in [0, 0.1) is 0 Å². The Balaban J connectivity index is 2.13. The average Bonchev–Trinajstić information content (AvgIpc) is 2.72. The molecule has 0 saturated carbocycles. The fourth-order valence-corrected chi connectivity index (χ4v) is 2.65. The molecule has 112 valence electrons. The number of nitrogens with zero attached hydrogens (tertiary/aromatic N) is 3. The van der Waals surface area contributed by atoms with Crippen molar-refractivity contribution in [3.05, 3.63) is 30.3 Å². The fraction of sp³-hybridized carbons (Fsp3) is 0.400. The molecule has 0 atom stereocenters. The standard InChI is InChI=1S/C15H19N3O2S/c1-3-16(4-2)10-11-17-13(19)14(20)18(15(17)21)12-8-6-5-7-9-12/h5-9H,3-4,10-11H2,1-2H3. The molecule has 1 saturated heterocycles. The van der Waals surface area contributed by atoms with Crippen molar-refractivity contribution in [3.8, 4) is 0 Å². The van der Waals surface area contributed by atoms with Crippen LogP contribution in [0.2, 0.25) is 0 Å². The molecule has 2 rings (SSSR count). The molecule has 0 aliphatic carbocycles. The molecule has 0 aromatic heterocycles. The molecular weight excluding hydrogens is 286 g/mol. The summed E-state index contributed by atoms with van der Waals surface area (Å²) in [7, 11) is 0. The molecule has 1 fully saturated rings. The second kappa shape index (κ2) is 6.78. The van der Waals surface area contributed by atoms with Crippen LogP contribution in [-0.2, 0) is 9.59 Å². The number of thiocarbonyl (C=S) groups is 1. The van der Waals surface area contributed by atoms with Crippen molar-refractivity contribution >= 4 is 34.8 Å². The summed E-state index contributed by atoms with van der Waals surface area (Å²) in [5.74, 6) is -1.12. The lowest BCUT2D eigenvalue weighted by Crippen LogP contribution is -2.39. The molecule has 1 aliphatic rings. The number of hydrogen-bond donors (Lipinski definition) is 0. The predicted molar refractivity (Wildman–Crippen MR) is 86.0 cm³/mol. The van der Waals surface area contributed by atoms with Crippen molar-refractivity contribution in [1.29, 1.82) is 0 Å². The Hall–Kier alpha value is -1.79. The Labute approximate surface area is 130 Å². The molecule has 1 aromatic carbocycles. The van der Waals surface area contributed by atoms with E-state index in [4.69, 9.17) is 12.2 Å². The summed E-state index contributed by atoms with van der Waals surface area (Å²) in [6.45, 7) is 7.08.